The largest absolute Gasteiger partial charge is 0.496 e. The van der Waals surface area contributed by atoms with Gasteiger partial charge in [-0.2, -0.15) is 0 Å². The maximum absolute atomic E-state index is 12.2. The summed E-state index contributed by atoms with van der Waals surface area (Å²) in [5, 5.41) is 0. The van der Waals surface area contributed by atoms with E-state index in [9.17, 15) is 4.79 Å². The summed E-state index contributed by atoms with van der Waals surface area (Å²) in [6.07, 6.45) is 2.15. The van der Waals surface area contributed by atoms with Crippen LogP contribution in [0.5, 0.6) is 5.75 Å². The fraction of sp³-hybridized carbons (Fsp3) is 0.421. The smallest absolute Gasteiger partial charge is 0.339 e. The van der Waals surface area contributed by atoms with Crippen molar-refractivity contribution < 1.29 is 14.3 Å². The van der Waals surface area contributed by atoms with Crippen LogP contribution in [0.4, 0.5) is 0 Å². The zero-order chi connectivity index (χ0) is 17.7. The molecule has 1 heterocycles. The van der Waals surface area contributed by atoms with Gasteiger partial charge < -0.3 is 14.0 Å². The molecule has 0 unspecified atom stereocenters. The Kier molecular flexibility index (Phi) is 6.49. The van der Waals surface area contributed by atoms with E-state index in [0.717, 1.165) is 46.6 Å². The minimum Gasteiger partial charge on any atom is -0.496 e. The number of carbonyl (C=O) groups excluding carboxylic acids is 1. The molecule has 2 aromatic rings. The summed E-state index contributed by atoms with van der Waals surface area (Å²) in [7, 11) is 1.65. The molecule has 0 amide bonds. The highest BCUT2D eigenvalue weighted by atomic mass is 79.9. The van der Waals surface area contributed by atoms with Crippen molar-refractivity contribution in [1.29, 1.82) is 0 Å². The van der Waals surface area contributed by atoms with Gasteiger partial charge >= 0.3 is 5.97 Å². The summed E-state index contributed by atoms with van der Waals surface area (Å²) in [6, 6.07) is 7.88. The topological polar surface area (TPSA) is 40.5 Å². The zero-order valence-electron chi connectivity index (χ0n) is 14.7. The first-order valence-electron chi connectivity index (χ1n) is 8.24. The van der Waals surface area contributed by atoms with Gasteiger partial charge in [0.25, 0.3) is 0 Å². The van der Waals surface area contributed by atoms with Crippen LogP contribution in [0.1, 0.15) is 42.7 Å². The normalized spacial score (nSPS) is 10.7. The number of aromatic nitrogens is 1. The van der Waals surface area contributed by atoms with Crippen LogP contribution in [0, 0.1) is 6.92 Å². The van der Waals surface area contributed by atoms with Gasteiger partial charge in [0, 0.05) is 17.9 Å². The summed E-state index contributed by atoms with van der Waals surface area (Å²) in [6.45, 7) is 7.21. The summed E-state index contributed by atoms with van der Waals surface area (Å²) >= 11 is 3.54. The number of esters is 1. The first kappa shape index (κ1) is 18.6. The number of benzene rings is 1. The molecule has 0 N–H and O–H groups in total. The number of ether oxygens (including phenoxy) is 2. The molecule has 0 fully saturated rings. The fourth-order valence-electron chi connectivity index (χ4n) is 2.73. The number of methoxy groups -OCH3 is 1. The number of hydrogen-bond donors (Lipinski definition) is 0. The SMILES string of the molecule is CCCCn1c(-c2ccc(OC)c(Br)c2)cc(C(=O)OCC)c1C. The molecule has 0 spiro atoms. The van der Waals surface area contributed by atoms with Crippen LogP contribution in [-0.2, 0) is 11.3 Å². The summed E-state index contributed by atoms with van der Waals surface area (Å²) in [5.41, 5.74) is 3.64. The van der Waals surface area contributed by atoms with E-state index < -0.39 is 0 Å². The Morgan fingerprint density at radius 2 is 2.00 bits per heavy atom. The van der Waals surface area contributed by atoms with Gasteiger partial charge in [-0.25, -0.2) is 4.79 Å². The lowest BCUT2D eigenvalue weighted by molar-refractivity contribution is 0.0525. The minimum absolute atomic E-state index is 0.265. The monoisotopic (exact) mass is 393 g/mol. The van der Waals surface area contributed by atoms with Crippen molar-refractivity contribution in [3.05, 3.63) is 40.0 Å². The third-order valence-corrected chi connectivity index (χ3v) is 4.66. The van der Waals surface area contributed by atoms with Gasteiger partial charge in [0.05, 0.1) is 23.8 Å². The van der Waals surface area contributed by atoms with Crippen molar-refractivity contribution in [2.24, 2.45) is 0 Å². The molecule has 2 rings (SSSR count). The molecule has 1 aromatic heterocycles. The number of hydrogen-bond acceptors (Lipinski definition) is 3. The first-order chi connectivity index (χ1) is 11.5. The van der Waals surface area contributed by atoms with E-state index in [4.69, 9.17) is 9.47 Å². The highest BCUT2D eigenvalue weighted by molar-refractivity contribution is 9.10. The molecule has 130 valence electrons. The van der Waals surface area contributed by atoms with Crippen LogP contribution < -0.4 is 4.74 Å². The average molecular weight is 394 g/mol. The number of carbonyl (C=O) groups is 1. The van der Waals surface area contributed by atoms with E-state index in [1.54, 1.807) is 7.11 Å². The Hall–Kier alpha value is -1.75. The van der Waals surface area contributed by atoms with Gasteiger partial charge in [0.15, 0.2) is 0 Å². The summed E-state index contributed by atoms with van der Waals surface area (Å²) in [4.78, 5) is 12.2. The zero-order valence-corrected chi connectivity index (χ0v) is 16.3. The number of nitrogens with zero attached hydrogens (tertiary/aromatic N) is 1. The first-order valence-corrected chi connectivity index (χ1v) is 9.03. The standard InChI is InChI=1S/C19H24BrNO3/c1-5-7-10-21-13(3)15(19(22)24-6-2)12-17(21)14-8-9-18(23-4)16(20)11-14/h8-9,11-12H,5-7,10H2,1-4H3. The van der Waals surface area contributed by atoms with Crippen LogP contribution >= 0.6 is 15.9 Å². The van der Waals surface area contributed by atoms with E-state index in [1.807, 2.05) is 38.1 Å². The van der Waals surface area contributed by atoms with Crippen LogP contribution in [0.25, 0.3) is 11.3 Å². The Labute approximate surface area is 151 Å². The molecule has 0 saturated carbocycles. The van der Waals surface area contributed by atoms with Gasteiger partial charge in [-0.3, -0.25) is 0 Å². The molecule has 0 atom stereocenters. The molecular formula is C19H24BrNO3. The predicted molar refractivity (Wildman–Crippen MR) is 99.7 cm³/mol. The fourth-order valence-corrected chi connectivity index (χ4v) is 3.27. The van der Waals surface area contributed by atoms with Crippen molar-refractivity contribution >= 4 is 21.9 Å². The molecule has 4 nitrogen and oxygen atoms in total. The Morgan fingerprint density at radius 3 is 2.58 bits per heavy atom. The van der Waals surface area contributed by atoms with Crippen LogP contribution in [0.3, 0.4) is 0 Å². The maximum Gasteiger partial charge on any atom is 0.339 e. The number of rotatable bonds is 7. The van der Waals surface area contributed by atoms with Gasteiger partial charge in [-0.05, 0) is 66.0 Å². The van der Waals surface area contributed by atoms with Gasteiger partial charge in [-0.1, -0.05) is 13.3 Å². The average Bonchev–Trinajstić information content (AvgIpc) is 2.90. The number of halogens is 1. The molecule has 0 aliphatic rings. The third kappa shape index (κ3) is 3.83. The van der Waals surface area contributed by atoms with E-state index >= 15 is 0 Å². The quantitative estimate of drug-likeness (QED) is 0.606. The Bertz CT molecular complexity index is 722. The van der Waals surface area contributed by atoms with Crippen molar-refractivity contribution in [1.82, 2.24) is 4.57 Å². The molecular weight excluding hydrogens is 370 g/mol. The molecule has 0 bridgehead atoms. The Balaban J connectivity index is 2.52. The highest BCUT2D eigenvalue weighted by Gasteiger charge is 2.19. The molecule has 0 aliphatic heterocycles. The molecule has 1 aromatic carbocycles. The van der Waals surface area contributed by atoms with Crippen molar-refractivity contribution in [3.8, 4) is 17.0 Å². The second kappa shape index (κ2) is 8.38. The molecule has 0 radical (unpaired) electrons. The maximum atomic E-state index is 12.2. The summed E-state index contributed by atoms with van der Waals surface area (Å²) < 4.78 is 13.6. The minimum atomic E-state index is -0.265. The molecule has 5 heteroatoms. The van der Waals surface area contributed by atoms with E-state index in [0.29, 0.717) is 12.2 Å². The van der Waals surface area contributed by atoms with Gasteiger partial charge in [0.1, 0.15) is 5.75 Å². The Morgan fingerprint density at radius 1 is 1.25 bits per heavy atom. The van der Waals surface area contributed by atoms with E-state index in [1.165, 1.54) is 0 Å². The highest BCUT2D eigenvalue weighted by Crippen LogP contribution is 2.33. The summed E-state index contributed by atoms with van der Waals surface area (Å²) in [5.74, 6) is 0.520. The van der Waals surface area contributed by atoms with Gasteiger partial charge in [-0.15, -0.1) is 0 Å². The van der Waals surface area contributed by atoms with Crippen LogP contribution in [0.15, 0.2) is 28.7 Å². The van der Waals surface area contributed by atoms with E-state index in [-0.39, 0.29) is 5.97 Å². The molecule has 0 saturated heterocycles. The number of unbranched alkanes of at least 4 members (excludes halogenated alkanes) is 1. The van der Waals surface area contributed by atoms with Crippen molar-refractivity contribution in [2.45, 2.75) is 40.2 Å². The van der Waals surface area contributed by atoms with E-state index in [2.05, 4.69) is 27.4 Å². The molecule has 24 heavy (non-hydrogen) atoms. The second-order valence-corrected chi connectivity index (χ2v) is 6.46. The predicted octanol–water partition coefficient (Wildman–Crippen LogP) is 5.21. The lowest BCUT2D eigenvalue weighted by Gasteiger charge is -2.12. The lowest BCUT2D eigenvalue weighted by atomic mass is 10.1. The lowest BCUT2D eigenvalue weighted by Crippen LogP contribution is -2.07. The van der Waals surface area contributed by atoms with Crippen LogP contribution in [0.2, 0.25) is 0 Å². The third-order valence-electron chi connectivity index (χ3n) is 4.04. The van der Waals surface area contributed by atoms with Gasteiger partial charge in [0.2, 0.25) is 0 Å². The molecule has 0 aliphatic carbocycles. The van der Waals surface area contributed by atoms with Crippen LogP contribution in [-0.4, -0.2) is 24.3 Å². The second-order valence-electron chi connectivity index (χ2n) is 5.60. The van der Waals surface area contributed by atoms with Crippen molar-refractivity contribution in [2.75, 3.05) is 13.7 Å². The van der Waals surface area contributed by atoms with Crippen molar-refractivity contribution in [3.63, 3.8) is 0 Å².